The molecule has 4 nitrogen and oxygen atoms in total. The van der Waals surface area contributed by atoms with Crippen LogP contribution in [0.5, 0.6) is 0 Å². The molecule has 0 aliphatic carbocycles. The molecule has 3 rings (SSSR count). The molecule has 118 valence electrons. The van der Waals surface area contributed by atoms with Crippen molar-refractivity contribution in [3.05, 3.63) is 23.2 Å². The van der Waals surface area contributed by atoms with Crippen molar-refractivity contribution in [2.45, 2.75) is 52.2 Å². The van der Waals surface area contributed by atoms with Gasteiger partial charge in [0.25, 0.3) is 0 Å². The fourth-order valence-corrected chi connectivity index (χ4v) is 3.75. The lowest BCUT2D eigenvalue weighted by molar-refractivity contribution is 0.215. The lowest BCUT2D eigenvalue weighted by Gasteiger charge is -2.25. The SMILES string of the molecule is CCNCc1cc(CN2CCCN3CCCC3C2)c(C)o1. The third kappa shape index (κ3) is 3.68. The van der Waals surface area contributed by atoms with E-state index in [1.807, 2.05) is 0 Å². The second-order valence-corrected chi connectivity index (χ2v) is 6.50. The molecular weight excluding hydrogens is 262 g/mol. The minimum absolute atomic E-state index is 0.793. The lowest BCUT2D eigenvalue weighted by atomic mass is 10.2. The van der Waals surface area contributed by atoms with Crippen molar-refractivity contribution in [3.63, 3.8) is 0 Å². The number of rotatable bonds is 5. The summed E-state index contributed by atoms with van der Waals surface area (Å²) in [6, 6.07) is 3.04. The number of hydrogen-bond acceptors (Lipinski definition) is 4. The van der Waals surface area contributed by atoms with Crippen LogP contribution in [-0.2, 0) is 13.1 Å². The van der Waals surface area contributed by atoms with Crippen molar-refractivity contribution < 1.29 is 4.42 Å². The Morgan fingerprint density at radius 1 is 1.29 bits per heavy atom. The molecule has 2 fully saturated rings. The molecule has 4 heteroatoms. The van der Waals surface area contributed by atoms with Gasteiger partial charge < -0.3 is 9.73 Å². The van der Waals surface area contributed by atoms with E-state index in [0.717, 1.165) is 37.2 Å². The maximum absolute atomic E-state index is 5.88. The lowest BCUT2D eigenvalue weighted by Crippen LogP contribution is -2.36. The van der Waals surface area contributed by atoms with Gasteiger partial charge in [0.15, 0.2) is 0 Å². The number of fused-ring (bicyclic) bond motifs is 1. The van der Waals surface area contributed by atoms with Gasteiger partial charge in [-0.3, -0.25) is 9.80 Å². The summed E-state index contributed by atoms with van der Waals surface area (Å²) >= 11 is 0. The molecule has 0 bridgehead atoms. The molecule has 0 spiro atoms. The molecule has 3 heterocycles. The normalized spacial score (nSPS) is 24.2. The molecule has 0 saturated carbocycles. The average molecular weight is 291 g/mol. The Kier molecular flexibility index (Phi) is 4.99. The number of hydrogen-bond donors (Lipinski definition) is 1. The van der Waals surface area contributed by atoms with Gasteiger partial charge in [0.05, 0.1) is 6.54 Å². The topological polar surface area (TPSA) is 31.6 Å². The number of furan rings is 1. The van der Waals surface area contributed by atoms with E-state index in [0.29, 0.717) is 0 Å². The van der Waals surface area contributed by atoms with Crippen LogP contribution >= 0.6 is 0 Å². The minimum atomic E-state index is 0.793. The Morgan fingerprint density at radius 2 is 2.14 bits per heavy atom. The summed E-state index contributed by atoms with van der Waals surface area (Å²) in [6.07, 6.45) is 4.07. The van der Waals surface area contributed by atoms with Crippen LogP contribution < -0.4 is 5.32 Å². The van der Waals surface area contributed by atoms with Crippen LogP contribution in [0.25, 0.3) is 0 Å². The van der Waals surface area contributed by atoms with Gasteiger partial charge in [-0.2, -0.15) is 0 Å². The molecule has 1 atom stereocenters. The summed E-state index contributed by atoms with van der Waals surface area (Å²) in [5, 5.41) is 3.33. The average Bonchev–Trinajstić information content (AvgIpc) is 2.99. The summed E-state index contributed by atoms with van der Waals surface area (Å²) in [7, 11) is 0. The highest BCUT2D eigenvalue weighted by Gasteiger charge is 2.28. The standard InChI is InChI=1S/C17H29N3O/c1-3-18-11-17-10-15(14(2)21-17)12-19-7-5-9-20-8-4-6-16(20)13-19/h10,16,18H,3-9,11-13H2,1-2H3. The molecule has 2 aliphatic rings. The highest BCUT2D eigenvalue weighted by molar-refractivity contribution is 5.21. The highest BCUT2D eigenvalue weighted by Crippen LogP contribution is 2.23. The Labute approximate surface area is 128 Å². The zero-order valence-electron chi connectivity index (χ0n) is 13.5. The summed E-state index contributed by atoms with van der Waals surface area (Å²) in [6.45, 7) is 12.2. The quantitative estimate of drug-likeness (QED) is 0.902. The monoisotopic (exact) mass is 291 g/mol. The van der Waals surface area contributed by atoms with Gasteiger partial charge in [-0.15, -0.1) is 0 Å². The van der Waals surface area contributed by atoms with E-state index in [9.17, 15) is 0 Å². The first-order valence-electron chi connectivity index (χ1n) is 8.51. The van der Waals surface area contributed by atoms with Gasteiger partial charge in [0.1, 0.15) is 11.5 Å². The van der Waals surface area contributed by atoms with Gasteiger partial charge in [0.2, 0.25) is 0 Å². The Morgan fingerprint density at radius 3 is 3.00 bits per heavy atom. The molecule has 1 N–H and O–H groups in total. The summed E-state index contributed by atoms with van der Waals surface area (Å²) in [5.74, 6) is 2.16. The molecule has 1 aromatic heterocycles. The Hall–Kier alpha value is -0.840. The summed E-state index contributed by atoms with van der Waals surface area (Å²) in [4.78, 5) is 5.32. The first kappa shape index (κ1) is 15.1. The van der Waals surface area contributed by atoms with Crippen LogP contribution in [0.1, 0.15) is 43.3 Å². The van der Waals surface area contributed by atoms with Crippen molar-refractivity contribution >= 4 is 0 Å². The van der Waals surface area contributed by atoms with Crippen molar-refractivity contribution in [1.29, 1.82) is 0 Å². The van der Waals surface area contributed by atoms with Crippen LogP contribution in [0, 0.1) is 6.92 Å². The molecular formula is C17H29N3O. The first-order chi connectivity index (χ1) is 10.3. The van der Waals surface area contributed by atoms with Crippen molar-refractivity contribution in [1.82, 2.24) is 15.1 Å². The largest absolute Gasteiger partial charge is 0.465 e. The van der Waals surface area contributed by atoms with Crippen molar-refractivity contribution in [3.8, 4) is 0 Å². The van der Waals surface area contributed by atoms with Crippen LogP contribution in [0.15, 0.2) is 10.5 Å². The Balaban J connectivity index is 1.61. The molecule has 1 unspecified atom stereocenters. The van der Waals surface area contributed by atoms with Gasteiger partial charge >= 0.3 is 0 Å². The smallest absolute Gasteiger partial charge is 0.118 e. The maximum atomic E-state index is 5.88. The third-order valence-electron chi connectivity index (χ3n) is 4.90. The zero-order chi connectivity index (χ0) is 14.7. The molecule has 2 saturated heterocycles. The predicted octanol–water partition coefficient (Wildman–Crippen LogP) is 2.37. The molecule has 1 aromatic rings. The van der Waals surface area contributed by atoms with Gasteiger partial charge in [0, 0.05) is 24.7 Å². The van der Waals surface area contributed by atoms with E-state index < -0.39 is 0 Å². The molecule has 2 aliphatic heterocycles. The van der Waals surface area contributed by atoms with E-state index in [1.165, 1.54) is 51.0 Å². The van der Waals surface area contributed by atoms with Crippen molar-refractivity contribution in [2.24, 2.45) is 0 Å². The maximum Gasteiger partial charge on any atom is 0.118 e. The summed E-state index contributed by atoms with van der Waals surface area (Å²) in [5.41, 5.74) is 1.37. The number of nitrogens with one attached hydrogen (secondary N) is 1. The van der Waals surface area contributed by atoms with Crippen LogP contribution in [-0.4, -0.2) is 48.6 Å². The van der Waals surface area contributed by atoms with E-state index in [1.54, 1.807) is 0 Å². The van der Waals surface area contributed by atoms with Crippen LogP contribution in [0.2, 0.25) is 0 Å². The third-order valence-corrected chi connectivity index (χ3v) is 4.90. The second-order valence-electron chi connectivity index (χ2n) is 6.50. The summed E-state index contributed by atoms with van der Waals surface area (Å²) < 4.78 is 5.88. The molecule has 21 heavy (non-hydrogen) atoms. The fraction of sp³-hybridized carbons (Fsp3) is 0.765. The van der Waals surface area contributed by atoms with Crippen LogP contribution in [0.4, 0.5) is 0 Å². The molecule has 0 amide bonds. The highest BCUT2D eigenvalue weighted by atomic mass is 16.3. The Bertz CT molecular complexity index is 457. The second kappa shape index (κ2) is 6.95. The first-order valence-corrected chi connectivity index (χ1v) is 8.51. The molecule has 0 aromatic carbocycles. The van der Waals surface area contributed by atoms with E-state index in [-0.39, 0.29) is 0 Å². The number of nitrogens with zero attached hydrogens (tertiary/aromatic N) is 2. The van der Waals surface area contributed by atoms with Crippen LogP contribution in [0.3, 0.4) is 0 Å². The fourth-order valence-electron chi connectivity index (χ4n) is 3.75. The molecule has 0 radical (unpaired) electrons. The zero-order valence-corrected chi connectivity index (χ0v) is 13.5. The number of aryl methyl sites for hydroxylation is 1. The van der Waals surface area contributed by atoms with E-state index >= 15 is 0 Å². The van der Waals surface area contributed by atoms with E-state index in [4.69, 9.17) is 4.42 Å². The van der Waals surface area contributed by atoms with Gasteiger partial charge in [-0.1, -0.05) is 6.92 Å². The van der Waals surface area contributed by atoms with Gasteiger partial charge in [-0.05, 0) is 58.4 Å². The van der Waals surface area contributed by atoms with Crippen molar-refractivity contribution in [2.75, 3.05) is 32.7 Å². The predicted molar refractivity (Wildman–Crippen MR) is 85.3 cm³/mol. The minimum Gasteiger partial charge on any atom is -0.465 e. The van der Waals surface area contributed by atoms with E-state index in [2.05, 4.69) is 35.0 Å². The van der Waals surface area contributed by atoms with Gasteiger partial charge in [-0.25, -0.2) is 0 Å².